The molecule has 0 aliphatic carbocycles. The van der Waals surface area contributed by atoms with Gasteiger partial charge in [-0.2, -0.15) is 5.10 Å². The second-order valence-corrected chi connectivity index (χ2v) is 4.16. The van der Waals surface area contributed by atoms with E-state index in [1.807, 2.05) is 38.2 Å². The molecule has 96 valence electrons. The third-order valence-electron chi connectivity index (χ3n) is 2.72. The van der Waals surface area contributed by atoms with E-state index in [4.69, 9.17) is 10.5 Å². The Hall–Kier alpha value is -1.88. The lowest BCUT2D eigenvalue weighted by Crippen LogP contribution is -2.08. The fraction of sp³-hybridized carbons (Fsp3) is 0.385. The predicted molar refractivity (Wildman–Crippen MR) is 69.3 cm³/mol. The highest BCUT2D eigenvalue weighted by atomic mass is 16.5. The Kier molecular flexibility index (Phi) is 3.94. The zero-order valence-corrected chi connectivity index (χ0v) is 10.8. The number of rotatable bonds is 5. The van der Waals surface area contributed by atoms with Gasteiger partial charge in [-0.3, -0.25) is 4.68 Å². The first-order chi connectivity index (χ1) is 8.70. The van der Waals surface area contributed by atoms with Crippen LogP contribution in [0.5, 0.6) is 5.75 Å². The van der Waals surface area contributed by atoms with Crippen molar-refractivity contribution in [1.29, 1.82) is 0 Å². The first kappa shape index (κ1) is 12.6. The Morgan fingerprint density at radius 3 is 2.83 bits per heavy atom. The third kappa shape index (κ3) is 2.87. The quantitative estimate of drug-likeness (QED) is 0.861. The van der Waals surface area contributed by atoms with Crippen molar-refractivity contribution in [2.75, 3.05) is 6.54 Å². The van der Waals surface area contributed by atoms with Crippen LogP contribution in [0.3, 0.4) is 0 Å². The molecule has 0 unspecified atom stereocenters. The summed E-state index contributed by atoms with van der Waals surface area (Å²) in [5.74, 6) is 2.44. The van der Waals surface area contributed by atoms with E-state index in [0.29, 0.717) is 19.0 Å². The molecule has 0 atom stereocenters. The molecule has 0 amide bonds. The fourth-order valence-electron chi connectivity index (χ4n) is 1.74. The maximum absolute atomic E-state index is 5.70. The number of hydrogen-bond donors (Lipinski definition) is 1. The molecule has 1 aromatic carbocycles. The molecule has 0 fully saturated rings. The van der Waals surface area contributed by atoms with Crippen LogP contribution in [-0.4, -0.2) is 21.3 Å². The van der Waals surface area contributed by atoms with Gasteiger partial charge in [-0.25, -0.2) is 4.98 Å². The van der Waals surface area contributed by atoms with Gasteiger partial charge in [0.25, 0.3) is 0 Å². The lowest BCUT2D eigenvalue weighted by molar-refractivity contribution is 0.293. The SMILES string of the molecule is Cc1ccccc1OCc1nc(CCN)n(C)n1. The van der Waals surface area contributed by atoms with Gasteiger partial charge in [0.05, 0.1) is 0 Å². The molecule has 2 N–H and O–H groups in total. The van der Waals surface area contributed by atoms with Crippen molar-refractivity contribution in [3.8, 4) is 5.75 Å². The molecule has 2 rings (SSSR count). The molecule has 0 saturated heterocycles. The molecule has 0 saturated carbocycles. The largest absolute Gasteiger partial charge is 0.485 e. The first-order valence-electron chi connectivity index (χ1n) is 5.98. The summed E-state index contributed by atoms with van der Waals surface area (Å²) >= 11 is 0. The van der Waals surface area contributed by atoms with Crippen LogP contribution < -0.4 is 10.5 Å². The Bertz CT molecular complexity index is 521. The second-order valence-electron chi connectivity index (χ2n) is 4.16. The summed E-state index contributed by atoms with van der Waals surface area (Å²) in [7, 11) is 1.87. The minimum atomic E-state index is 0.378. The summed E-state index contributed by atoms with van der Waals surface area (Å²) in [6.45, 7) is 2.97. The third-order valence-corrected chi connectivity index (χ3v) is 2.72. The average molecular weight is 246 g/mol. The molecular weight excluding hydrogens is 228 g/mol. The number of ether oxygens (including phenoxy) is 1. The van der Waals surface area contributed by atoms with E-state index in [1.165, 1.54) is 0 Å². The zero-order valence-electron chi connectivity index (χ0n) is 10.8. The monoisotopic (exact) mass is 246 g/mol. The van der Waals surface area contributed by atoms with Gasteiger partial charge in [0.15, 0.2) is 5.82 Å². The maximum Gasteiger partial charge on any atom is 0.188 e. The molecule has 1 aromatic heterocycles. The zero-order chi connectivity index (χ0) is 13.0. The average Bonchev–Trinajstić information content (AvgIpc) is 2.70. The molecule has 0 aliphatic rings. The lowest BCUT2D eigenvalue weighted by atomic mass is 10.2. The summed E-state index contributed by atoms with van der Waals surface area (Å²) in [6, 6.07) is 7.90. The van der Waals surface area contributed by atoms with Crippen LogP contribution in [0.15, 0.2) is 24.3 Å². The standard InChI is InChI=1S/C13H18N4O/c1-10-5-3-4-6-11(10)18-9-12-15-13(7-8-14)17(2)16-12/h3-6H,7-9,14H2,1-2H3. The van der Waals surface area contributed by atoms with Crippen LogP contribution in [-0.2, 0) is 20.1 Å². The normalized spacial score (nSPS) is 10.6. The molecular formula is C13H18N4O. The van der Waals surface area contributed by atoms with Gasteiger partial charge in [0, 0.05) is 13.5 Å². The van der Waals surface area contributed by atoms with Crippen LogP contribution in [0, 0.1) is 6.92 Å². The molecule has 5 heteroatoms. The van der Waals surface area contributed by atoms with E-state index in [0.717, 1.165) is 23.6 Å². The number of hydrogen-bond acceptors (Lipinski definition) is 4. The molecule has 0 radical (unpaired) electrons. The Balaban J connectivity index is 2.02. The summed E-state index contributed by atoms with van der Waals surface area (Å²) in [6.07, 6.45) is 0.730. The van der Waals surface area contributed by atoms with E-state index >= 15 is 0 Å². The smallest absolute Gasteiger partial charge is 0.188 e. The van der Waals surface area contributed by atoms with Gasteiger partial charge < -0.3 is 10.5 Å². The van der Waals surface area contributed by atoms with Gasteiger partial charge in [-0.15, -0.1) is 0 Å². The van der Waals surface area contributed by atoms with Crippen molar-refractivity contribution in [2.24, 2.45) is 12.8 Å². The molecule has 18 heavy (non-hydrogen) atoms. The summed E-state index contributed by atoms with van der Waals surface area (Å²) in [5.41, 5.74) is 6.62. The summed E-state index contributed by atoms with van der Waals surface area (Å²) < 4.78 is 7.45. The first-order valence-corrected chi connectivity index (χ1v) is 5.98. The van der Waals surface area contributed by atoms with Gasteiger partial charge in [-0.1, -0.05) is 18.2 Å². The Morgan fingerprint density at radius 2 is 2.11 bits per heavy atom. The Morgan fingerprint density at radius 1 is 1.33 bits per heavy atom. The highest BCUT2D eigenvalue weighted by Gasteiger charge is 2.07. The van der Waals surface area contributed by atoms with Crippen molar-refractivity contribution in [2.45, 2.75) is 20.0 Å². The predicted octanol–water partition coefficient (Wildman–Crippen LogP) is 1.20. The van der Waals surface area contributed by atoms with E-state index in [9.17, 15) is 0 Å². The van der Waals surface area contributed by atoms with Crippen molar-refractivity contribution in [3.05, 3.63) is 41.5 Å². The fourth-order valence-corrected chi connectivity index (χ4v) is 1.74. The Labute approximate surface area is 107 Å². The molecule has 0 bridgehead atoms. The van der Waals surface area contributed by atoms with E-state index in [2.05, 4.69) is 10.1 Å². The van der Waals surface area contributed by atoms with Crippen molar-refractivity contribution in [1.82, 2.24) is 14.8 Å². The molecule has 5 nitrogen and oxygen atoms in total. The molecule has 0 spiro atoms. The van der Waals surface area contributed by atoms with Gasteiger partial charge in [-0.05, 0) is 25.1 Å². The van der Waals surface area contributed by atoms with Crippen LogP contribution in [0.2, 0.25) is 0 Å². The van der Waals surface area contributed by atoms with Crippen LogP contribution >= 0.6 is 0 Å². The van der Waals surface area contributed by atoms with Crippen LogP contribution in [0.1, 0.15) is 17.2 Å². The molecule has 0 aliphatic heterocycles. The summed E-state index contributed by atoms with van der Waals surface area (Å²) in [4.78, 5) is 4.39. The van der Waals surface area contributed by atoms with E-state index in [1.54, 1.807) is 4.68 Å². The van der Waals surface area contributed by atoms with E-state index in [-0.39, 0.29) is 0 Å². The van der Waals surface area contributed by atoms with Gasteiger partial charge in [0.1, 0.15) is 18.2 Å². The topological polar surface area (TPSA) is 66.0 Å². The van der Waals surface area contributed by atoms with Crippen molar-refractivity contribution in [3.63, 3.8) is 0 Å². The summed E-state index contributed by atoms with van der Waals surface area (Å²) in [5, 5.41) is 4.30. The minimum Gasteiger partial charge on any atom is -0.485 e. The highest BCUT2D eigenvalue weighted by molar-refractivity contribution is 5.31. The maximum atomic E-state index is 5.70. The number of aryl methyl sites for hydroxylation is 2. The van der Waals surface area contributed by atoms with Crippen molar-refractivity contribution < 1.29 is 4.74 Å². The lowest BCUT2D eigenvalue weighted by Gasteiger charge is -2.05. The van der Waals surface area contributed by atoms with Crippen molar-refractivity contribution >= 4 is 0 Å². The number of benzene rings is 1. The second kappa shape index (κ2) is 5.64. The number of para-hydroxylation sites is 1. The highest BCUT2D eigenvalue weighted by Crippen LogP contribution is 2.17. The molecule has 1 heterocycles. The van der Waals surface area contributed by atoms with Crippen LogP contribution in [0.4, 0.5) is 0 Å². The minimum absolute atomic E-state index is 0.378. The van der Waals surface area contributed by atoms with Gasteiger partial charge in [0.2, 0.25) is 0 Å². The van der Waals surface area contributed by atoms with Crippen LogP contribution in [0.25, 0.3) is 0 Å². The van der Waals surface area contributed by atoms with Gasteiger partial charge >= 0.3 is 0 Å². The van der Waals surface area contributed by atoms with E-state index < -0.39 is 0 Å². The number of aromatic nitrogens is 3. The molecule has 2 aromatic rings. The number of nitrogens with zero attached hydrogens (tertiary/aromatic N) is 3. The number of nitrogens with two attached hydrogens (primary N) is 1.